The molecule has 3 nitrogen and oxygen atoms in total. The summed E-state index contributed by atoms with van der Waals surface area (Å²) in [7, 11) is 1.61. The minimum atomic E-state index is -0.755. The normalized spacial score (nSPS) is 18.3. The smallest absolute Gasteiger partial charge is 0.314 e. The fourth-order valence-corrected chi connectivity index (χ4v) is 3.15. The quantitative estimate of drug-likeness (QED) is 0.892. The molecule has 0 amide bonds. The summed E-state index contributed by atoms with van der Waals surface area (Å²) in [5, 5.41) is 9.73. The third kappa shape index (κ3) is 1.98. The van der Waals surface area contributed by atoms with Crippen LogP contribution in [0.5, 0.6) is 5.75 Å². The second-order valence-corrected chi connectivity index (χ2v) is 5.10. The van der Waals surface area contributed by atoms with Gasteiger partial charge in [0.2, 0.25) is 0 Å². The summed E-state index contributed by atoms with van der Waals surface area (Å²) >= 11 is 0. The van der Waals surface area contributed by atoms with Gasteiger partial charge in [-0.3, -0.25) is 4.79 Å². The molecule has 1 aromatic rings. The highest BCUT2D eigenvalue weighted by Crippen LogP contribution is 2.44. The average Bonchev–Trinajstić information content (AvgIpc) is 2.39. The zero-order chi connectivity index (χ0) is 13.2. The van der Waals surface area contributed by atoms with Gasteiger partial charge >= 0.3 is 5.97 Å². The molecule has 0 aliphatic heterocycles. The molecule has 0 spiro atoms. The highest BCUT2D eigenvalue weighted by Gasteiger charge is 2.44. The van der Waals surface area contributed by atoms with Crippen LogP contribution in [0.2, 0.25) is 0 Å². The summed E-state index contributed by atoms with van der Waals surface area (Å²) in [6.45, 7) is 1.97. The zero-order valence-corrected chi connectivity index (χ0v) is 11.0. The molecule has 1 aliphatic rings. The van der Waals surface area contributed by atoms with Crippen molar-refractivity contribution in [3.8, 4) is 5.75 Å². The first-order valence-corrected chi connectivity index (χ1v) is 6.49. The van der Waals surface area contributed by atoms with E-state index in [9.17, 15) is 9.90 Å². The molecule has 0 saturated heterocycles. The lowest BCUT2D eigenvalue weighted by Gasteiger charge is -2.35. The summed E-state index contributed by atoms with van der Waals surface area (Å²) in [6.07, 6.45) is 4.50. The molecule has 18 heavy (non-hydrogen) atoms. The number of carboxylic acids is 1. The largest absolute Gasteiger partial charge is 0.496 e. The van der Waals surface area contributed by atoms with Crippen LogP contribution in [0.3, 0.4) is 0 Å². The van der Waals surface area contributed by atoms with Gasteiger partial charge in [-0.25, -0.2) is 0 Å². The molecule has 1 saturated carbocycles. The Morgan fingerprint density at radius 2 is 1.94 bits per heavy atom. The number of benzene rings is 1. The maximum Gasteiger partial charge on any atom is 0.314 e. The fourth-order valence-electron chi connectivity index (χ4n) is 3.15. The van der Waals surface area contributed by atoms with Crippen molar-refractivity contribution in [1.29, 1.82) is 0 Å². The molecule has 0 unspecified atom stereocenters. The van der Waals surface area contributed by atoms with Gasteiger partial charge in [0, 0.05) is 5.56 Å². The first kappa shape index (κ1) is 12.9. The highest BCUT2D eigenvalue weighted by molar-refractivity contribution is 5.83. The van der Waals surface area contributed by atoms with E-state index in [-0.39, 0.29) is 0 Å². The summed E-state index contributed by atoms with van der Waals surface area (Å²) in [5.74, 6) is -0.00546. The Morgan fingerprint density at radius 3 is 2.50 bits per heavy atom. The molecule has 0 radical (unpaired) electrons. The third-order valence-corrected chi connectivity index (χ3v) is 4.05. The molecule has 0 aromatic heterocycles. The topological polar surface area (TPSA) is 46.5 Å². The lowest BCUT2D eigenvalue weighted by atomic mass is 9.68. The number of methoxy groups -OCH3 is 1. The van der Waals surface area contributed by atoms with Crippen molar-refractivity contribution in [3.05, 3.63) is 29.3 Å². The number of ether oxygens (including phenoxy) is 1. The minimum Gasteiger partial charge on any atom is -0.496 e. The molecule has 1 fully saturated rings. The van der Waals surface area contributed by atoms with Gasteiger partial charge in [-0.15, -0.1) is 0 Å². The fraction of sp³-hybridized carbons (Fsp3) is 0.533. The molecule has 1 aliphatic carbocycles. The van der Waals surface area contributed by atoms with Gasteiger partial charge in [0.15, 0.2) is 0 Å². The lowest BCUT2D eigenvalue weighted by molar-refractivity contribution is -0.145. The Bertz CT molecular complexity index is 445. The van der Waals surface area contributed by atoms with E-state index in [1.165, 1.54) is 0 Å². The molecule has 1 aromatic carbocycles. The predicted octanol–water partition coefficient (Wildman–Crippen LogP) is 3.29. The molecule has 0 atom stereocenters. The lowest BCUT2D eigenvalue weighted by Crippen LogP contribution is -2.38. The zero-order valence-electron chi connectivity index (χ0n) is 11.0. The molecule has 98 valence electrons. The van der Waals surface area contributed by atoms with Crippen molar-refractivity contribution < 1.29 is 14.6 Å². The molecule has 1 N–H and O–H groups in total. The van der Waals surface area contributed by atoms with Crippen LogP contribution in [0, 0.1) is 6.92 Å². The predicted molar refractivity (Wildman–Crippen MR) is 70.1 cm³/mol. The van der Waals surface area contributed by atoms with Crippen LogP contribution >= 0.6 is 0 Å². The molecule has 2 rings (SSSR count). The number of aliphatic carboxylic acids is 1. The van der Waals surface area contributed by atoms with Crippen LogP contribution in [0.4, 0.5) is 0 Å². The average molecular weight is 248 g/mol. The molecule has 0 bridgehead atoms. The van der Waals surface area contributed by atoms with Crippen molar-refractivity contribution in [2.75, 3.05) is 7.11 Å². The standard InChI is InChI=1S/C15H20O3/c1-11-7-6-8-12(18-2)13(11)15(14(16)17)9-4-3-5-10-15/h6-8H,3-5,9-10H2,1-2H3,(H,16,17). The number of hydrogen-bond acceptors (Lipinski definition) is 2. The number of hydrogen-bond donors (Lipinski definition) is 1. The summed E-state index contributed by atoms with van der Waals surface area (Å²) in [6, 6.07) is 5.74. The van der Waals surface area contributed by atoms with Gasteiger partial charge in [0.25, 0.3) is 0 Å². The summed E-state index contributed by atoms with van der Waals surface area (Å²) in [5.41, 5.74) is 1.13. The van der Waals surface area contributed by atoms with Crippen molar-refractivity contribution in [3.63, 3.8) is 0 Å². The number of carboxylic acid groups (broad SMARTS) is 1. The van der Waals surface area contributed by atoms with E-state index in [1.807, 2.05) is 25.1 Å². The van der Waals surface area contributed by atoms with Gasteiger partial charge in [0.1, 0.15) is 5.75 Å². The van der Waals surface area contributed by atoms with E-state index < -0.39 is 11.4 Å². The Hall–Kier alpha value is -1.51. The number of aryl methyl sites for hydroxylation is 1. The third-order valence-electron chi connectivity index (χ3n) is 4.05. The van der Waals surface area contributed by atoms with Crippen LogP contribution in [-0.4, -0.2) is 18.2 Å². The van der Waals surface area contributed by atoms with Crippen LogP contribution in [0.1, 0.15) is 43.2 Å². The van der Waals surface area contributed by atoms with E-state index in [0.29, 0.717) is 18.6 Å². The molecular weight excluding hydrogens is 228 g/mol. The maximum absolute atomic E-state index is 11.8. The van der Waals surface area contributed by atoms with Crippen molar-refractivity contribution >= 4 is 5.97 Å². The van der Waals surface area contributed by atoms with Gasteiger partial charge in [-0.05, 0) is 31.4 Å². The minimum absolute atomic E-state index is 0.708. The van der Waals surface area contributed by atoms with Gasteiger partial charge in [-0.2, -0.15) is 0 Å². The van der Waals surface area contributed by atoms with Crippen molar-refractivity contribution in [2.24, 2.45) is 0 Å². The van der Waals surface area contributed by atoms with E-state index in [2.05, 4.69) is 0 Å². The van der Waals surface area contributed by atoms with Gasteiger partial charge < -0.3 is 9.84 Å². The van der Waals surface area contributed by atoms with E-state index >= 15 is 0 Å². The monoisotopic (exact) mass is 248 g/mol. The second-order valence-electron chi connectivity index (χ2n) is 5.10. The summed E-state index contributed by atoms with van der Waals surface area (Å²) in [4.78, 5) is 11.8. The van der Waals surface area contributed by atoms with Crippen LogP contribution in [-0.2, 0) is 10.2 Å². The van der Waals surface area contributed by atoms with Gasteiger partial charge in [-0.1, -0.05) is 31.4 Å². The Balaban J connectivity index is 2.58. The highest BCUT2D eigenvalue weighted by atomic mass is 16.5. The first-order valence-electron chi connectivity index (χ1n) is 6.49. The van der Waals surface area contributed by atoms with Crippen molar-refractivity contribution in [2.45, 2.75) is 44.4 Å². The number of carbonyl (C=O) groups is 1. The Labute approximate surface area is 108 Å². The number of rotatable bonds is 3. The van der Waals surface area contributed by atoms with Crippen molar-refractivity contribution in [1.82, 2.24) is 0 Å². The van der Waals surface area contributed by atoms with Crippen LogP contribution in [0.15, 0.2) is 18.2 Å². The molecule has 3 heteroatoms. The molecule has 0 heterocycles. The van der Waals surface area contributed by atoms with Crippen LogP contribution in [0.25, 0.3) is 0 Å². The van der Waals surface area contributed by atoms with Crippen LogP contribution < -0.4 is 4.74 Å². The Morgan fingerprint density at radius 1 is 1.28 bits per heavy atom. The SMILES string of the molecule is COc1cccc(C)c1C1(C(=O)O)CCCCC1. The first-order chi connectivity index (χ1) is 8.62. The van der Waals surface area contributed by atoms with Gasteiger partial charge in [0.05, 0.1) is 12.5 Å². The van der Waals surface area contributed by atoms with E-state index in [1.54, 1.807) is 7.11 Å². The summed E-state index contributed by atoms with van der Waals surface area (Å²) < 4.78 is 5.39. The molecular formula is C15H20O3. The van der Waals surface area contributed by atoms with E-state index in [0.717, 1.165) is 30.4 Å². The Kier molecular flexibility index (Phi) is 3.60. The maximum atomic E-state index is 11.8. The van der Waals surface area contributed by atoms with E-state index in [4.69, 9.17) is 4.74 Å². The second kappa shape index (κ2) is 5.01.